The molecular weight excluding hydrogens is 368 g/mol. The zero-order chi connectivity index (χ0) is 19.1. The SMILES string of the molecule is C=CCn1nnnc1NCc1ccc(OCc2ccc(Cl)nc2)c(OC)c1. The van der Waals surface area contributed by atoms with Gasteiger partial charge in [-0.15, -0.1) is 6.58 Å². The Morgan fingerprint density at radius 2 is 2.07 bits per heavy atom. The molecule has 0 radical (unpaired) electrons. The molecule has 9 heteroatoms. The fraction of sp³-hybridized carbons (Fsp3) is 0.222. The molecule has 0 aliphatic carbocycles. The average Bonchev–Trinajstić information content (AvgIpc) is 3.13. The van der Waals surface area contributed by atoms with Crippen molar-refractivity contribution in [1.29, 1.82) is 0 Å². The minimum absolute atomic E-state index is 0.369. The Kier molecular flexibility index (Phi) is 6.22. The molecule has 27 heavy (non-hydrogen) atoms. The molecule has 0 aliphatic heterocycles. The van der Waals surface area contributed by atoms with Crippen LogP contribution in [0.2, 0.25) is 5.15 Å². The van der Waals surface area contributed by atoms with Gasteiger partial charge in [0.15, 0.2) is 11.5 Å². The molecule has 2 aromatic heterocycles. The van der Waals surface area contributed by atoms with Gasteiger partial charge in [-0.05, 0) is 34.2 Å². The summed E-state index contributed by atoms with van der Waals surface area (Å²) in [5, 5.41) is 15.1. The second-order valence-corrected chi connectivity index (χ2v) is 5.98. The molecule has 0 atom stereocenters. The van der Waals surface area contributed by atoms with Gasteiger partial charge in [0.25, 0.3) is 0 Å². The summed E-state index contributed by atoms with van der Waals surface area (Å²) in [6.45, 7) is 5.13. The van der Waals surface area contributed by atoms with Crippen molar-refractivity contribution >= 4 is 17.5 Å². The number of tetrazole rings is 1. The third-order valence-electron chi connectivity index (χ3n) is 3.70. The minimum Gasteiger partial charge on any atom is -0.493 e. The average molecular weight is 387 g/mol. The smallest absolute Gasteiger partial charge is 0.243 e. The van der Waals surface area contributed by atoms with Crippen LogP contribution in [0, 0.1) is 0 Å². The summed E-state index contributed by atoms with van der Waals surface area (Å²) >= 11 is 5.79. The van der Waals surface area contributed by atoms with Gasteiger partial charge in [-0.1, -0.05) is 34.9 Å². The van der Waals surface area contributed by atoms with Gasteiger partial charge in [0.05, 0.1) is 13.7 Å². The van der Waals surface area contributed by atoms with Crippen LogP contribution in [-0.4, -0.2) is 32.3 Å². The van der Waals surface area contributed by atoms with Gasteiger partial charge < -0.3 is 14.8 Å². The first-order valence-electron chi connectivity index (χ1n) is 8.20. The highest BCUT2D eigenvalue weighted by atomic mass is 35.5. The first-order valence-corrected chi connectivity index (χ1v) is 8.58. The van der Waals surface area contributed by atoms with E-state index < -0.39 is 0 Å². The van der Waals surface area contributed by atoms with E-state index in [9.17, 15) is 0 Å². The Morgan fingerprint density at radius 3 is 2.81 bits per heavy atom. The van der Waals surface area contributed by atoms with Crippen LogP contribution in [0.4, 0.5) is 5.95 Å². The normalized spacial score (nSPS) is 10.4. The molecule has 0 spiro atoms. The number of methoxy groups -OCH3 is 1. The van der Waals surface area contributed by atoms with Crippen LogP contribution in [0.3, 0.4) is 0 Å². The number of rotatable bonds is 9. The van der Waals surface area contributed by atoms with Crippen LogP contribution in [0.5, 0.6) is 11.5 Å². The summed E-state index contributed by atoms with van der Waals surface area (Å²) in [6, 6.07) is 9.32. The van der Waals surface area contributed by atoms with Crippen LogP contribution < -0.4 is 14.8 Å². The Morgan fingerprint density at radius 1 is 1.22 bits per heavy atom. The number of benzene rings is 1. The van der Waals surface area contributed by atoms with Gasteiger partial charge >= 0.3 is 0 Å². The zero-order valence-electron chi connectivity index (χ0n) is 14.8. The van der Waals surface area contributed by atoms with Gasteiger partial charge in [0.2, 0.25) is 5.95 Å². The Balaban J connectivity index is 1.63. The topological polar surface area (TPSA) is 87.0 Å². The van der Waals surface area contributed by atoms with E-state index in [0.29, 0.717) is 42.3 Å². The van der Waals surface area contributed by atoms with Crippen LogP contribution in [0.15, 0.2) is 49.2 Å². The van der Waals surface area contributed by atoms with Crippen LogP contribution in [0.25, 0.3) is 0 Å². The molecule has 0 saturated carbocycles. The predicted molar refractivity (Wildman–Crippen MR) is 102 cm³/mol. The molecule has 1 aromatic carbocycles. The number of nitrogens with zero attached hydrogens (tertiary/aromatic N) is 5. The molecular formula is C18H19ClN6O2. The number of nitrogens with one attached hydrogen (secondary N) is 1. The third-order valence-corrected chi connectivity index (χ3v) is 3.92. The molecule has 0 saturated heterocycles. The summed E-state index contributed by atoms with van der Waals surface area (Å²) < 4.78 is 12.9. The second kappa shape index (κ2) is 9.00. The number of aromatic nitrogens is 5. The Labute approximate surface area is 161 Å². The standard InChI is InChI=1S/C18H19ClN6O2/c1-3-8-25-18(22-23-24-25)21-10-13-4-6-15(16(9-13)26-2)27-12-14-5-7-17(19)20-11-14/h3-7,9,11H,1,8,10,12H2,2H3,(H,21,22,24). The lowest BCUT2D eigenvalue weighted by atomic mass is 10.2. The molecule has 0 aliphatic rings. The van der Waals surface area contributed by atoms with Gasteiger partial charge in [0, 0.05) is 18.3 Å². The summed E-state index contributed by atoms with van der Waals surface area (Å²) in [7, 11) is 1.61. The molecule has 3 aromatic rings. The van der Waals surface area contributed by atoms with Crippen molar-refractivity contribution in [2.24, 2.45) is 0 Å². The van der Waals surface area contributed by atoms with E-state index in [4.69, 9.17) is 21.1 Å². The van der Waals surface area contributed by atoms with Crippen molar-refractivity contribution in [2.45, 2.75) is 19.7 Å². The quantitative estimate of drug-likeness (QED) is 0.446. The number of allylic oxidation sites excluding steroid dienone is 1. The monoisotopic (exact) mass is 386 g/mol. The maximum absolute atomic E-state index is 5.83. The van der Waals surface area contributed by atoms with E-state index in [0.717, 1.165) is 11.1 Å². The highest BCUT2D eigenvalue weighted by molar-refractivity contribution is 6.29. The summed E-state index contributed by atoms with van der Waals surface area (Å²) in [5.74, 6) is 1.86. The summed E-state index contributed by atoms with van der Waals surface area (Å²) in [4.78, 5) is 4.04. The van der Waals surface area contributed by atoms with Crippen molar-refractivity contribution in [1.82, 2.24) is 25.2 Å². The zero-order valence-corrected chi connectivity index (χ0v) is 15.6. The van der Waals surface area contributed by atoms with Crippen molar-refractivity contribution < 1.29 is 9.47 Å². The molecule has 0 bridgehead atoms. The first-order chi connectivity index (χ1) is 13.2. The third kappa shape index (κ3) is 4.95. The summed E-state index contributed by atoms with van der Waals surface area (Å²) in [6.07, 6.45) is 3.41. The van der Waals surface area contributed by atoms with E-state index in [-0.39, 0.29) is 0 Å². The lowest BCUT2D eigenvalue weighted by Gasteiger charge is -2.13. The second-order valence-electron chi connectivity index (χ2n) is 5.59. The number of halogens is 1. The lowest BCUT2D eigenvalue weighted by Crippen LogP contribution is -2.08. The fourth-order valence-corrected chi connectivity index (χ4v) is 2.46. The Bertz CT molecular complexity index is 897. The molecule has 140 valence electrons. The highest BCUT2D eigenvalue weighted by Crippen LogP contribution is 2.29. The maximum atomic E-state index is 5.83. The summed E-state index contributed by atoms with van der Waals surface area (Å²) in [5.41, 5.74) is 1.92. The molecule has 0 amide bonds. The first kappa shape index (κ1) is 18.7. The number of anilines is 1. The molecule has 8 nitrogen and oxygen atoms in total. The highest BCUT2D eigenvalue weighted by Gasteiger charge is 2.08. The van der Waals surface area contributed by atoms with Crippen LogP contribution >= 0.6 is 11.6 Å². The number of hydrogen-bond acceptors (Lipinski definition) is 7. The minimum atomic E-state index is 0.369. The molecule has 0 fully saturated rings. The molecule has 3 rings (SSSR count). The number of ether oxygens (including phenoxy) is 2. The van der Waals surface area contributed by atoms with Crippen molar-refractivity contribution in [3.63, 3.8) is 0 Å². The maximum Gasteiger partial charge on any atom is 0.243 e. The number of hydrogen-bond donors (Lipinski definition) is 1. The van der Waals surface area contributed by atoms with E-state index in [1.54, 1.807) is 30.1 Å². The van der Waals surface area contributed by atoms with Gasteiger partial charge in [-0.3, -0.25) is 0 Å². The molecule has 1 N–H and O–H groups in total. The lowest BCUT2D eigenvalue weighted by molar-refractivity contribution is 0.284. The van der Waals surface area contributed by atoms with Crippen molar-refractivity contribution in [2.75, 3.05) is 12.4 Å². The molecule has 2 heterocycles. The van der Waals surface area contributed by atoms with Crippen molar-refractivity contribution in [3.05, 3.63) is 65.5 Å². The van der Waals surface area contributed by atoms with E-state index in [1.807, 2.05) is 24.3 Å². The van der Waals surface area contributed by atoms with Crippen LogP contribution in [-0.2, 0) is 19.7 Å². The van der Waals surface area contributed by atoms with E-state index in [2.05, 4.69) is 32.4 Å². The van der Waals surface area contributed by atoms with Crippen molar-refractivity contribution in [3.8, 4) is 11.5 Å². The van der Waals surface area contributed by atoms with Crippen LogP contribution in [0.1, 0.15) is 11.1 Å². The van der Waals surface area contributed by atoms with E-state index >= 15 is 0 Å². The van der Waals surface area contributed by atoms with Gasteiger partial charge in [-0.25, -0.2) is 9.67 Å². The largest absolute Gasteiger partial charge is 0.493 e. The van der Waals surface area contributed by atoms with Gasteiger partial charge in [0.1, 0.15) is 11.8 Å². The van der Waals surface area contributed by atoms with Gasteiger partial charge in [-0.2, -0.15) is 0 Å². The Hall–Kier alpha value is -3.13. The molecule has 0 unspecified atom stereocenters. The number of pyridine rings is 1. The predicted octanol–water partition coefficient (Wildman–Crippen LogP) is 3.11. The van der Waals surface area contributed by atoms with E-state index in [1.165, 1.54) is 0 Å². The fourth-order valence-electron chi connectivity index (χ4n) is 2.35.